The van der Waals surface area contributed by atoms with Gasteiger partial charge in [0.2, 0.25) is 0 Å². The van der Waals surface area contributed by atoms with E-state index in [0.717, 1.165) is 14.7 Å². The lowest BCUT2D eigenvalue weighted by Gasteiger charge is -2.02. The Balaban J connectivity index is 1.98. The molecule has 3 rings (SSSR count). The molecule has 0 saturated heterocycles. The Kier molecular flexibility index (Phi) is 3.01. The van der Waals surface area contributed by atoms with Crippen molar-refractivity contribution in [1.82, 2.24) is 4.98 Å². The Morgan fingerprint density at radius 3 is 2.83 bits per heavy atom. The molecule has 0 aliphatic heterocycles. The summed E-state index contributed by atoms with van der Waals surface area (Å²) in [4.78, 5) is 4.29. The highest BCUT2D eigenvalue weighted by Gasteiger charge is 2.09. The van der Waals surface area contributed by atoms with E-state index in [0.29, 0.717) is 5.19 Å². The van der Waals surface area contributed by atoms with Gasteiger partial charge in [-0.05, 0) is 30.3 Å². The summed E-state index contributed by atoms with van der Waals surface area (Å²) < 4.78 is 20.8. The molecule has 0 amide bonds. The van der Waals surface area contributed by atoms with Crippen LogP contribution in [-0.2, 0) is 0 Å². The topological polar surface area (TPSA) is 22.1 Å². The normalized spacial score (nSPS) is 10.8. The maximum Gasteiger partial charge on any atom is 0.279 e. The molecule has 2 nitrogen and oxygen atoms in total. The van der Waals surface area contributed by atoms with E-state index in [9.17, 15) is 4.39 Å². The van der Waals surface area contributed by atoms with E-state index in [1.54, 1.807) is 12.1 Å². The zero-order valence-electron chi connectivity index (χ0n) is 9.06. The van der Waals surface area contributed by atoms with Crippen molar-refractivity contribution in [3.63, 3.8) is 0 Å². The van der Waals surface area contributed by atoms with Crippen molar-refractivity contribution in [2.24, 2.45) is 0 Å². The second kappa shape index (κ2) is 4.66. The van der Waals surface area contributed by atoms with Crippen LogP contribution in [0.2, 0.25) is 0 Å². The second-order valence-electron chi connectivity index (χ2n) is 3.62. The molecule has 0 N–H and O–H groups in total. The quantitative estimate of drug-likeness (QED) is 0.662. The van der Waals surface area contributed by atoms with Crippen molar-refractivity contribution in [3.8, 4) is 10.9 Å². The molecule has 5 heteroatoms. The molecule has 0 aliphatic carbocycles. The van der Waals surface area contributed by atoms with Crippen LogP contribution in [0, 0.1) is 5.82 Å². The summed E-state index contributed by atoms with van der Waals surface area (Å²) in [6.07, 6.45) is 0. The molecule has 0 unspecified atom stereocenters. The molecule has 0 saturated carbocycles. The van der Waals surface area contributed by atoms with Crippen LogP contribution in [-0.4, -0.2) is 4.98 Å². The molecule has 3 aromatic rings. The van der Waals surface area contributed by atoms with Crippen molar-refractivity contribution >= 4 is 37.5 Å². The summed E-state index contributed by atoms with van der Waals surface area (Å²) in [6, 6.07) is 12.3. The monoisotopic (exact) mass is 323 g/mol. The number of thiazole rings is 1. The number of hydrogen-bond acceptors (Lipinski definition) is 3. The largest absolute Gasteiger partial charge is 0.428 e. The summed E-state index contributed by atoms with van der Waals surface area (Å²) in [6.45, 7) is 0. The smallest absolute Gasteiger partial charge is 0.279 e. The first-order chi connectivity index (χ1) is 8.72. The highest BCUT2D eigenvalue weighted by molar-refractivity contribution is 9.10. The summed E-state index contributed by atoms with van der Waals surface area (Å²) in [5.41, 5.74) is 0.855. The molecule has 0 bridgehead atoms. The third-order valence-electron chi connectivity index (χ3n) is 2.36. The van der Waals surface area contributed by atoms with Crippen molar-refractivity contribution in [1.29, 1.82) is 0 Å². The van der Waals surface area contributed by atoms with Gasteiger partial charge in [0.25, 0.3) is 5.19 Å². The lowest BCUT2D eigenvalue weighted by Crippen LogP contribution is -1.87. The Bertz CT molecular complexity index is 680. The highest BCUT2D eigenvalue weighted by Crippen LogP contribution is 2.33. The predicted octanol–water partition coefficient (Wildman–Crippen LogP) is 4.99. The van der Waals surface area contributed by atoms with Gasteiger partial charge in [0, 0.05) is 4.47 Å². The van der Waals surface area contributed by atoms with Crippen LogP contribution in [0.1, 0.15) is 0 Å². The number of nitrogens with zero attached hydrogens (tertiary/aromatic N) is 1. The van der Waals surface area contributed by atoms with E-state index in [1.165, 1.54) is 17.4 Å². The molecule has 0 atom stereocenters. The average Bonchev–Trinajstić information content (AvgIpc) is 2.76. The van der Waals surface area contributed by atoms with Gasteiger partial charge in [-0.25, -0.2) is 9.37 Å². The Hall–Kier alpha value is -1.46. The SMILES string of the molecule is Fc1ccc(Br)cc1Oc1nc2ccccc2s1. The molecule has 1 aromatic heterocycles. The fraction of sp³-hybridized carbons (Fsp3) is 0. The standard InChI is InChI=1S/C13H7BrFNOS/c14-8-5-6-9(15)11(7-8)17-13-16-10-3-1-2-4-12(10)18-13/h1-7H. The molecule has 2 aromatic carbocycles. The van der Waals surface area contributed by atoms with Crippen molar-refractivity contribution in [3.05, 3.63) is 52.8 Å². The molecule has 0 spiro atoms. The number of benzene rings is 2. The maximum atomic E-state index is 13.5. The van der Waals surface area contributed by atoms with E-state index in [4.69, 9.17) is 4.74 Å². The van der Waals surface area contributed by atoms with Gasteiger partial charge < -0.3 is 4.74 Å². The second-order valence-corrected chi connectivity index (χ2v) is 5.53. The molecule has 0 radical (unpaired) electrons. The summed E-state index contributed by atoms with van der Waals surface area (Å²) in [7, 11) is 0. The molecule has 90 valence electrons. The van der Waals surface area contributed by atoms with E-state index < -0.39 is 5.82 Å². The van der Waals surface area contributed by atoms with Crippen molar-refractivity contribution in [2.75, 3.05) is 0 Å². The summed E-state index contributed by atoms with van der Waals surface area (Å²) >= 11 is 4.67. The third kappa shape index (κ3) is 2.23. The van der Waals surface area contributed by atoms with Crippen LogP contribution >= 0.6 is 27.3 Å². The Morgan fingerprint density at radius 1 is 1.17 bits per heavy atom. The first-order valence-corrected chi connectivity index (χ1v) is 6.82. The van der Waals surface area contributed by atoms with Gasteiger partial charge in [0.05, 0.1) is 10.2 Å². The Labute approximate surface area is 115 Å². The molecule has 0 fully saturated rings. The first kappa shape index (κ1) is 11.6. The third-order valence-corrected chi connectivity index (χ3v) is 3.77. The van der Waals surface area contributed by atoms with Gasteiger partial charge in [-0.15, -0.1) is 0 Å². The van der Waals surface area contributed by atoms with Crippen LogP contribution in [0.5, 0.6) is 10.9 Å². The van der Waals surface area contributed by atoms with Gasteiger partial charge in [-0.3, -0.25) is 0 Å². The number of ether oxygens (including phenoxy) is 1. The number of fused-ring (bicyclic) bond motifs is 1. The average molecular weight is 324 g/mol. The number of halogens is 2. The van der Waals surface area contributed by atoms with Crippen LogP contribution < -0.4 is 4.74 Å². The fourth-order valence-corrected chi connectivity index (χ4v) is 2.71. The predicted molar refractivity (Wildman–Crippen MR) is 73.8 cm³/mol. The molecular formula is C13H7BrFNOS. The van der Waals surface area contributed by atoms with E-state index in [1.807, 2.05) is 24.3 Å². The van der Waals surface area contributed by atoms with E-state index in [-0.39, 0.29) is 5.75 Å². The van der Waals surface area contributed by atoms with Crippen LogP contribution in [0.3, 0.4) is 0 Å². The number of aromatic nitrogens is 1. The lowest BCUT2D eigenvalue weighted by molar-refractivity contribution is 0.440. The minimum atomic E-state index is -0.405. The summed E-state index contributed by atoms with van der Waals surface area (Å²) in [5, 5.41) is 0.438. The molecule has 1 heterocycles. The van der Waals surface area contributed by atoms with Crippen LogP contribution in [0.25, 0.3) is 10.2 Å². The van der Waals surface area contributed by atoms with Gasteiger partial charge >= 0.3 is 0 Å². The van der Waals surface area contributed by atoms with Crippen molar-refractivity contribution in [2.45, 2.75) is 0 Å². The lowest BCUT2D eigenvalue weighted by atomic mass is 10.3. The van der Waals surface area contributed by atoms with Gasteiger partial charge in [0.1, 0.15) is 0 Å². The minimum absolute atomic E-state index is 0.170. The Morgan fingerprint density at radius 2 is 2.00 bits per heavy atom. The van der Waals surface area contributed by atoms with Gasteiger partial charge in [-0.2, -0.15) is 0 Å². The molecule has 0 aliphatic rings. The van der Waals surface area contributed by atoms with Crippen LogP contribution in [0.15, 0.2) is 46.9 Å². The van der Waals surface area contributed by atoms with Gasteiger partial charge in [0.15, 0.2) is 11.6 Å². The highest BCUT2D eigenvalue weighted by atomic mass is 79.9. The molecule has 18 heavy (non-hydrogen) atoms. The first-order valence-electron chi connectivity index (χ1n) is 5.21. The number of para-hydroxylation sites is 1. The zero-order chi connectivity index (χ0) is 12.5. The van der Waals surface area contributed by atoms with Gasteiger partial charge in [-0.1, -0.05) is 39.4 Å². The molecular weight excluding hydrogens is 317 g/mol. The minimum Gasteiger partial charge on any atom is -0.428 e. The van der Waals surface area contributed by atoms with Crippen molar-refractivity contribution < 1.29 is 9.13 Å². The summed E-state index contributed by atoms with van der Waals surface area (Å²) in [5.74, 6) is -0.235. The number of rotatable bonds is 2. The van der Waals surface area contributed by atoms with E-state index >= 15 is 0 Å². The van der Waals surface area contributed by atoms with E-state index in [2.05, 4.69) is 20.9 Å². The fourth-order valence-electron chi connectivity index (χ4n) is 1.54. The van der Waals surface area contributed by atoms with Crippen LogP contribution in [0.4, 0.5) is 4.39 Å². The number of hydrogen-bond donors (Lipinski definition) is 0. The maximum absolute atomic E-state index is 13.5. The zero-order valence-corrected chi connectivity index (χ0v) is 11.5.